The standard InChI is InChI=1S/C21H21NO2S.ClH/c1-22(2)11-12-23-14-15-13-18-16-7-3-5-9-19(16)24-20-10-6-4-8-17(20)21(18)25-15;/h3-10,13H,11-12,14H2,1-2H3;1H. The van der Waals surface area contributed by atoms with Gasteiger partial charge >= 0.3 is 0 Å². The molecule has 0 radical (unpaired) electrons. The Balaban J connectivity index is 0.00000196. The van der Waals surface area contributed by atoms with Gasteiger partial charge in [0.2, 0.25) is 0 Å². The number of likely N-dealkylation sites (N-methyl/N-ethyl adjacent to an activating group) is 1. The van der Waals surface area contributed by atoms with Crippen LogP contribution in [0.15, 0.2) is 54.6 Å². The molecule has 0 N–H and O–H groups in total. The van der Waals surface area contributed by atoms with E-state index in [0.29, 0.717) is 6.61 Å². The number of benzene rings is 2. The molecule has 5 heteroatoms. The Kier molecular flexibility index (Phi) is 5.99. The van der Waals surface area contributed by atoms with Gasteiger partial charge in [-0.25, -0.2) is 0 Å². The van der Waals surface area contributed by atoms with E-state index in [0.717, 1.165) is 35.8 Å². The van der Waals surface area contributed by atoms with Crippen LogP contribution in [0.3, 0.4) is 0 Å². The second-order valence-corrected chi connectivity index (χ2v) is 7.54. The first kappa shape index (κ1) is 18.9. The Labute approximate surface area is 164 Å². The van der Waals surface area contributed by atoms with Gasteiger partial charge in [-0.15, -0.1) is 23.7 Å². The van der Waals surface area contributed by atoms with E-state index in [4.69, 9.17) is 9.47 Å². The molecule has 0 atom stereocenters. The molecule has 2 heterocycles. The minimum absolute atomic E-state index is 0. The number of ether oxygens (including phenoxy) is 2. The van der Waals surface area contributed by atoms with Gasteiger partial charge in [0, 0.05) is 33.0 Å². The van der Waals surface area contributed by atoms with Gasteiger partial charge in [-0.05, 0) is 38.4 Å². The average Bonchev–Trinajstić information content (AvgIpc) is 2.98. The molecule has 0 saturated carbocycles. The second kappa shape index (κ2) is 8.23. The zero-order chi connectivity index (χ0) is 17.2. The van der Waals surface area contributed by atoms with Crippen molar-refractivity contribution in [1.29, 1.82) is 0 Å². The summed E-state index contributed by atoms with van der Waals surface area (Å²) in [6.45, 7) is 2.33. The molecule has 2 aromatic carbocycles. The number of fused-ring (bicyclic) bond motifs is 5. The summed E-state index contributed by atoms with van der Waals surface area (Å²) in [4.78, 5) is 4.63. The number of rotatable bonds is 5. The van der Waals surface area contributed by atoms with Gasteiger partial charge < -0.3 is 14.4 Å². The molecule has 4 rings (SSSR count). The third-order valence-electron chi connectivity index (χ3n) is 4.24. The highest BCUT2D eigenvalue weighted by Gasteiger charge is 2.22. The molecule has 0 fully saturated rings. The van der Waals surface area contributed by atoms with Gasteiger partial charge in [0.05, 0.1) is 13.2 Å². The fraction of sp³-hybridized carbons (Fsp3) is 0.238. The summed E-state index contributed by atoms with van der Waals surface area (Å²) >= 11 is 1.80. The van der Waals surface area contributed by atoms with E-state index in [2.05, 4.69) is 49.3 Å². The zero-order valence-corrected chi connectivity index (χ0v) is 16.5. The van der Waals surface area contributed by atoms with Crippen LogP contribution in [0, 0.1) is 0 Å². The van der Waals surface area contributed by atoms with E-state index >= 15 is 0 Å². The zero-order valence-electron chi connectivity index (χ0n) is 14.9. The first-order valence-electron chi connectivity index (χ1n) is 8.44. The summed E-state index contributed by atoms with van der Waals surface area (Å²) in [7, 11) is 4.12. The summed E-state index contributed by atoms with van der Waals surface area (Å²) in [6.07, 6.45) is 0. The number of halogens is 1. The molecular weight excluding hydrogens is 366 g/mol. The lowest BCUT2D eigenvalue weighted by atomic mass is 10.0. The second-order valence-electron chi connectivity index (χ2n) is 6.41. The molecule has 0 saturated heterocycles. The van der Waals surface area contributed by atoms with E-state index in [1.807, 2.05) is 24.3 Å². The lowest BCUT2D eigenvalue weighted by Crippen LogP contribution is -2.17. The van der Waals surface area contributed by atoms with Crippen LogP contribution in [0.5, 0.6) is 11.5 Å². The maximum atomic E-state index is 6.18. The molecule has 0 aliphatic carbocycles. The van der Waals surface area contributed by atoms with Crippen LogP contribution in [0.2, 0.25) is 0 Å². The van der Waals surface area contributed by atoms with Crippen molar-refractivity contribution >= 4 is 23.7 Å². The van der Waals surface area contributed by atoms with Crippen LogP contribution in [0.1, 0.15) is 4.88 Å². The molecule has 1 aliphatic heterocycles. The molecule has 1 aliphatic rings. The van der Waals surface area contributed by atoms with Gasteiger partial charge in [-0.2, -0.15) is 0 Å². The van der Waals surface area contributed by atoms with Crippen molar-refractivity contribution in [2.45, 2.75) is 6.61 Å². The maximum absolute atomic E-state index is 6.18. The largest absolute Gasteiger partial charge is 0.456 e. The minimum atomic E-state index is 0. The Morgan fingerprint density at radius 3 is 2.31 bits per heavy atom. The quantitative estimate of drug-likeness (QED) is 0.411. The number of hydrogen-bond donors (Lipinski definition) is 0. The highest BCUT2D eigenvalue weighted by atomic mass is 35.5. The molecule has 1 aromatic heterocycles. The van der Waals surface area contributed by atoms with Gasteiger partial charge in [0.1, 0.15) is 11.5 Å². The highest BCUT2D eigenvalue weighted by Crippen LogP contribution is 2.49. The Hall–Kier alpha value is -1.85. The summed E-state index contributed by atoms with van der Waals surface area (Å²) in [6, 6.07) is 18.7. The van der Waals surface area contributed by atoms with E-state index in [1.54, 1.807) is 11.3 Å². The van der Waals surface area contributed by atoms with Gasteiger partial charge in [-0.3, -0.25) is 0 Å². The van der Waals surface area contributed by atoms with E-state index in [-0.39, 0.29) is 12.4 Å². The van der Waals surface area contributed by atoms with Gasteiger partial charge in [0.25, 0.3) is 0 Å². The summed E-state index contributed by atoms with van der Waals surface area (Å²) in [5, 5.41) is 0. The topological polar surface area (TPSA) is 21.7 Å². The monoisotopic (exact) mass is 387 g/mol. The molecule has 0 unspecified atom stereocenters. The molecule has 0 bridgehead atoms. The third kappa shape index (κ3) is 3.79. The first-order valence-corrected chi connectivity index (χ1v) is 9.26. The number of para-hydroxylation sites is 2. The van der Waals surface area contributed by atoms with Crippen LogP contribution in [0.4, 0.5) is 0 Å². The SMILES string of the molecule is CN(C)CCOCc1cc2c(s1)-c1ccccc1Oc1ccccc1-2.Cl. The molecule has 0 spiro atoms. The third-order valence-corrected chi connectivity index (χ3v) is 5.38. The van der Waals surface area contributed by atoms with Crippen LogP contribution in [-0.2, 0) is 11.3 Å². The van der Waals surface area contributed by atoms with Crippen molar-refractivity contribution in [3.63, 3.8) is 0 Å². The number of nitrogens with zero attached hydrogens (tertiary/aromatic N) is 1. The fourth-order valence-electron chi connectivity index (χ4n) is 2.97. The van der Waals surface area contributed by atoms with Crippen LogP contribution >= 0.6 is 23.7 Å². The van der Waals surface area contributed by atoms with Crippen molar-refractivity contribution < 1.29 is 9.47 Å². The maximum Gasteiger partial charge on any atom is 0.136 e. The Bertz CT molecular complexity index is 828. The highest BCUT2D eigenvalue weighted by molar-refractivity contribution is 7.16. The van der Waals surface area contributed by atoms with E-state index in [1.165, 1.54) is 15.3 Å². The Morgan fingerprint density at radius 2 is 1.58 bits per heavy atom. The van der Waals surface area contributed by atoms with Crippen LogP contribution < -0.4 is 4.74 Å². The summed E-state index contributed by atoms with van der Waals surface area (Å²) in [5.41, 5.74) is 3.53. The molecule has 0 amide bonds. The van der Waals surface area contributed by atoms with Crippen LogP contribution in [0.25, 0.3) is 21.6 Å². The predicted octanol–water partition coefficient (Wildman–Crippen LogP) is 5.69. The molecule has 3 aromatic rings. The average molecular weight is 388 g/mol. The fourth-order valence-corrected chi connectivity index (χ4v) is 4.11. The van der Waals surface area contributed by atoms with Crippen molar-refractivity contribution in [2.75, 3.05) is 27.2 Å². The van der Waals surface area contributed by atoms with Gasteiger partial charge in [-0.1, -0.05) is 30.3 Å². The molecule has 26 heavy (non-hydrogen) atoms. The van der Waals surface area contributed by atoms with Crippen LogP contribution in [-0.4, -0.2) is 32.1 Å². The van der Waals surface area contributed by atoms with Crippen molar-refractivity contribution in [3.8, 4) is 33.1 Å². The number of thiophene rings is 1. The normalized spacial score (nSPS) is 11.7. The molecule has 3 nitrogen and oxygen atoms in total. The minimum Gasteiger partial charge on any atom is -0.456 e. The number of hydrogen-bond acceptors (Lipinski definition) is 4. The summed E-state index contributed by atoms with van der Waals surface area (Å²) in [5.74, 6) is 1.82. The van der Waals surface area contributed by atoms with E-state index in [9.17, 15) is 0 Å². The van der Waals surface area contributed by atoms with Gasteiger partial charge in [0.15, 0.2) is 0 Å². The smallest absolute Gasteiger partial charge is 0.136 e. The predicted molar refractivity (Wildman–Crippen MR) is 111 cm³/mol. The lowest BCUT2D eigenvalue weighted by molar-refractivity contribution is 0.107. The molecular formula is C21H22ClNO2S. The van der Waals surface area contributed by atoms with E-state index < -0.39 is 0 Å². The molecule has 136 valence electrons. The Morgan fingerprint density at radius 1 is 0.923 bits per heavy atom. The van der Waals surface area contributed by atoms with Crippen molar-refractivity contribution in [1.82, 2.24) is 4.90 Å². The van der Waals surface area contributed by atoms with Crippen molar-refractivity contribution in [2.24, 2.45) is 0 Å². The summed E-state index contributed by atoms with van der Waals surface area (Å²) < 4.78 is 12.0. The first-order chi connectivity index (χ1) is 12.2. The van der Waals surface area contributed by atoms with Crippen molar-refractivity contribution in [3.05, 3.63) is 59.5 Å². The lowest BCUT2D eigenvalue weighted by Gasteiger charge is -2.09.